The van der Waals surface area contributed by atoms with Crippen LogP contribution in [-0.2, 0) is 31.5 Å². The first kappa shape index (κ1) is 30.3. The SMILES string of the molecule is Clc1ccc(CO/N=C(\Cn2ccnc2)c2ccc(Cl)cc2Cl)c(Cl)c1.O=[N+]([O-])O.[S-2].[SeH2+2]. The molecule has 0 saturated heterocycles. The van der Waals surface area contributed by atoms with Crippen molar-refractivity contribution >= 4 is 82.7 Å². The molecule has 14 heteroatoms. The molecule has 0 aliphatic rings. The zero-order valence-electron chi connectivity index (χ0n) is 16.0. The zero-order chi connectivity index (χ0) is 22.1. The van der Waals surface area contributed by atoms with Crippen molar-refractivity contribution in [2.75, 3.05) is 0 Å². The van der Waals surface area contributed by atoms with Gasteiger partial charge in [0.2, 0.25) is 0 Å². The maximum atomic E-state index is 8.36. The van der Waals surface area contributed by atoms with Gasteiger partial charge in [-0.2, -0.15) is 0 Å². The molecule has 3 aromatic rings. The predicted molar refractivity (Wildman–Crippen MR) is 131 cm³/mol. The quantitative estimate of drug-likeness (QED) is 0.188. The molecule has 3 rings (SSSR count). The summed E-state index contributed by atoms with van der Waals surface area (Å²) in [6.07, 6.45) is 5.21. The Kier molecular flexibility index (Phi) is 14.4. The van der Waals surface area contributed by atoms with Crippen molar-refractivity contribution in [1.29, 1.82) is 0 Å². The van der Waals surface area contributed by atoms with E-state index in [1.54, 1.807) is 48.9 Å². The molecule has 8 nitrogen and oxygen atoms in total. The Morgan fingerprint density at radius 2 is 1.72 bits per heavy atom. The number of rotatable bonds is 6. The zero-order valence-corrected chi connectivity index (χ0v) is 21.9. The fourth-order valence-electron chi connectivity index (χ4n) is 2.26. The van der Waals surface area contributed by atoms with E-state index in [1.165, 1.54) is 0 Å². The van der Waals surface area contributed by atoms with Gasteiger partial charge < -0.3 is 28.1 Å². The molecule has 2 radical (unpaired) electrons. The van der Waals surface area contributed by atoms with Gasteiger partial charge in [-0.25, -0.2) is 4.98 Å². The van der Waals surface area contributed by atoms with Gasteiger partial charge in [0.1, 0.15) is 12.3 Å². The van der Waals surface area contributed by atoms with Gasteiger partial charge in [0.05, 0.1) is 17.9 Å². The number of nitrogens with zero attached hydrogens (tertiary/aromatic N) is 4. The number of aromatic nitrogens is 2. The summed E-state index contributed by atoms with van der Waals surface area (Å²) < 4.78 is 1.86. The van der Waals surface area contributed by atoms with Crippen molar-refractivity contribution in [1.82, 2.24) is 9.55 Å². The number of imidazole rings is 1. The van der Waals surface area contributed by atoms with Crippen molar-refractivity contribution in [3.05, 3.63) is 96.5 Å². The first-order chi connectivity index (χ1) is 14.3. The second-order valence-electron chi connectivity index (χ2n) is 5.64. The molecule has 0 bridgehead atoms. The molecule has 0 spiro atoms. The summed E-state index contributed by atoms with van der Waals surface area (Å²) in [6, 6.07) is 10.4. The van der Waals surface area contributed by atoms with Crippen molar-refractivity contribution in [3.8, 4) is 0 Å². The predicted octanol–water partition coefficient (Wildman–Crippen LogP) is 4.85. The van der Waals surface area contributed by atoms with E-state index in [2.05, 4.69) is 10.1 Å². The van der Waals surface area contributed by atoms with E-state index >= 15 is 0 Å². The Morgan fingerprint density at radius 3 is 2.25 bits per heavy atom. The van der Waals surface area contributed by atoms with Gasteiger partial charge in [-0.15, -0.1) is 10.1 Å². The van der Waals surface area contributed by atoms with Crippen LogP contribution in [0.5, 0.6) is 0 Å². The van der Waals surface area contributed by atoms with Crippen LogP contribution < -0.4 is 0 Å². The maximum absolute atomic E-state index is 8.36. The summed E-state index contributed by atoms with van der Waals surface area (Å²) >= 11 is 24.4. The fraction of sp³-hybridized carbons (Fsp3) is 0.111. The second-order valence-corrected chi connectivity index (χ2v) is 7.33. The molecule has 172 valence electrons. The molecule has 0 fully saturated rings. The van der Waals surface area contributed by atoms with E-state index in [1.807, 2.05) is 10.8 Å². The van der Waals surface area contributed by atoms with Gasteiger partial charge in [0.25, 0.3) is 5.09 Å². The molecule has 0 saturated carbocycles. The first-order valence-corrected chi connectivity index (χ1v) is 9.64. The second kappa shape index (κ2) is 15.2. The van der Waals surface area contributed by atoms with Crippen LogP contribution in [0.1, 0.15) is 11.1 Å². The van der Waals surface area contributed by atoms with Gasteiger partial charge in [-0.3, -0.25) is 0 Å². The summed E-state index contributed by atoms with van der Waals surface area (Å²) in [5, 5.41) is 20.0. The van der Waals surface area contributed by atoms with Gasteiger partial charge in [0.15, 0.2) is 0 Å². The summed E-state index contributed by atoms with van der Waals surface area (Å²) in [5.41, 5.74) is 2.14. The van der Waals surface area contributed by atoms with Crippen LogP contribution in [0.3, 0.4) is 0 Å². The van der Waals surface area contributed by atoms with Crippen molar-refractivity contribution in [2.45, 2.75) is 13.2 Å². The number of hydrogen-bond acceptors (Lipinski definition) is 5. The van der Waals surface area contributed by atoms with Crippen LogP contribution in [0.15, 0.2) is 60.3 Å². The summed E-state index contributed by atoms with van der Waals surface area (Å²) in [7, 11) is 0. The van der Waals surface area contributed by atoms with E-state index in [4.69, 9.17) is 66.6 Å². The van der Waals surface area contributed by atoms with Crippen LogP contribution in [0.25, 0.3) is 0 Å². The number of oxime groups is 1. The Hall–Kier alpha value is -1.65. The van der Waals surface area contributed by atoms with E-state index < -0.39 is 5.09 Å². The molecule has 0 aliphatic heterocycles. The standard InChI is InChI=1S/C18H13Cl4N3O.HNO3.S.H2Se/c19-13-2-1-12(16(21)7-13)10-26-24-18(9-25-6-5-23-11-25)15-4-3-14(20)8-17(15)22;2-1(3)4;;/h1-8,11H,9-10H2;(H,2,3,4);;1H2/q;;-2;+2/b24-18+;;;. The molecular formula is C18H16Cl4N4O4SSe. The number of halogens is 4. The molecule has 32 heavy (non-hydrogen) atoms. The Balaban J connectivity index is 0.00000148. The van der Waals surface area contributed by atoms with Crippen LogP contribution in [0.2, 0.25) is 20.1 Å². The van der Waals surface area contributed by atoms with E-state index in [0.29, 0.717) is 32.3 Å². The number of benzene rings is 2. The monoisotopic (exact) mass is 604 g/mol. The molecule has 0 aliphatic carbocycles. The minimum absolute atomic E-state index is 0. The molecule has 1 N–H and O–H groups in total. The van der Waals surface area contributed by atoms with Gasteiger partial charge in [-0.05, 0) is 30.3 Å². The summed E-state index contributed by atoms with van der Waals surface area (Å²) in [5.74, 6) is 0. The molecule has 0 unspecified atom stereocenters. The Morgan fingerprint density at radius 1 is 1.12 bits per heavy atom. The molecule has 1 aromatic heterocycles. The van der Waals surface area contributed by atoms with E-state index in [-0.39, 0.29) is 37.2 Å². The van der Waals surface area contributed by atoms with Crippen LogP contribution >= 0.6 is 46.4 Å². The third kappa shape index (κ3) is 10.3. The molecule has 0 amide bonds. The Bertz CT molecular complexity index is 1040. The van der Waals surface area contributed by atoms with Crippen molar-refractivity contribution in [3.63, 3.8) is 0 Å². The molecule has 0 atom stereocenters. The Labute approximate surface area is 221 Å². The number of hydrogen-bond donors (Lipinski definition) is 1. The van der Waals surface area contributed by atoms with Crippen LogP contribution in [0, 0.1) is 10.1 Å². The molecular weight excluding hydrogens is 589 g/mol. The average molecular weight is 605 g/mol. The van der Waals surface area contributed by atoms with E-state index in [0.717, 1.165) is 11.1 Å². The third-order valence-corrected chi connectivity index (χ3v) is 4.68. The fourth-order valence-corrected chi connectivity index (χ4v) is 3.24. The molecule has 1 heterocycles. The minimum atomic E-state index is -1.50. The molecule has 2 aromatic carbocycles. The average Bonchev–Trinajstić information content (AvgIpc) is 3.15. The van der Waals surface area contributed by atoms with E-state index in [9.17, 15) is 0 Å². The van der Waals surface area contributed by atoms with Gasteiger partial charge in [-0.1, -0.05) is 57.6 Å². The third-order valence-electron chi connectivity index (χ3n) is 3.54. The topological polar surface area (TPSA) is 103 Å². The van der Waals surface area contributed by atoms with Crippen molar-refractivity contribution in [2.24, 2.45) is 5.16 Å². The normalized spacial score (nSPS) is 10.2. The van der Waals surface area contributed by atoms with Gasteiger partial charge >= 0.3 is 17.1 Å². The van der Waals surface area contributed by atoms with Crippen LogP contribution in [-0.4, -0.2) is 42.6 Å². The van der Waals surface area contributed by atoms with Crippen LogP contribution in [0.4, 0.5) is 0 Å². The van der Waals surface area contributed by atoms with Gasteiger partial charge in [0, 0.05) is 38.6 Å². The summed E-state index contributed by atoms with van der Waals surface area (Å²) in [6.45, 7) is 0.643. The summed E-state index contributed by atoms with van der Waals surface area (Å²) in [4.78, 5) is 17.9. The van der Waals surface area contributed by atoms with Crippen molar-refractivity contribution < 1.29 is 15.1 Å². The first-order valence-electron chi connectivity index (χ1n) is 8.13.